The van der Waals surface area contributed by atoms with Crippen molar-refractivity contribution in [3.63, 3.8) is 0 Å². The molecule has 0 unspecified atom stereocenters. The minimum atomic E-state index is -0.0320. The molecule has 2 N–H and O–H groups in total. The number of amides is 1. The molecule has 0 radical (unpaired) electrons. The maximum atomic E-state index is 12.5. The number of carbonyl (C=O) groups is 1. The van der Waals surface area contributed by atoms with Gasteiger partial charge < -0.3 is 15.2 Å². The van der Waals surface area contributed by atoms with E-state index < -0.39 is 0 Å². The Hall–Kier alpha value is -2.07. The van der Waals surface area contributed by atoms with Crippen LogP contribution in [0, 0.1) is 0 Å². The highest BCUT2D eigenvalue weighted by Gasteiger charge is 2.23. The van der Waals surface area contributed by atoms with Crippen molar-refractivity contribution >= 4 is 11.6 Å². The summed E-state index contributed by atoms with van der Waals surface area (Å²) in [6.45, 7) is 0.736. The van der Waals surface area contributed by atoms with Gasteiger partial charge in [-0.25, -0.2) is 0 Å². The van der Waals surface area contributed by atoms with Crippen LogP contribution in [0.15, 0.2) is 42.6 Å². The van der Waals surface area contributed by atoms with Gasteiger partial charge >= 0.3 is 0 Å². The van der Waals surface area contributed by atoms with Crippen LogP contribution in [-0.4, -0.2) is 17.5 Å². The highest BCUT2D eigenvalue weighted by Crippen LogP contribution is 2.32. The Morgan fingerprint density at radius 2 is 2.05 bits per heavy atom. The largest absolute Gasteiger partial charge is 0.340 e. The first-order valence-electron chi connectivity index (χ1n) is 7.50. The van der Waals surface area contributed by atoms with Gasteiger partial charge in [-0.1, -0.05) is 18.2 Å². The van der Waals surface area contributed by atoms with Crippen molar-refractivity contribution in [2.24, 2.45) is 0 Å². The van der Waals surface area contributed by atoms with Crippen molar-refractivity contribution in [1.82, 2.24) is 9.88 Å². The summed E-state index contributed by atoms with van der Waals surface area (Å²) in [4.78, 5) is 12.5. The van der Waals surface area contributed by atoms with Crippen LogP contribution in [0.3, 0.4) is 0 Å². The molecule has 0 aliphatic heterocycles. The first kappa shape index (κ1) is 13.9. The first-order valence-corrected chi connectivity index (χ1v) is 7.50. The Labute approximate surface area is 125 Å². The predicted octanol–water partition coefficient (Wildman–Crippen LogP) is 3.18. The quantitative estimate of drug-likeness (QED) is 0.885. The SMILES string of the molecule is CNCc1ccccc1NC(=O)c1cccn1C1CCC1. The van der Waals surface area contributed by atoms with E-state index in [1.165, 1.54) is 19.3 Å². The van der Waals surface area contributed by atoms with Gasteiger partial charge in [-0.2, -0.15) is 0 Å². The Bertz CT molecular complexity index is 628. The summed E-state index contributed by atoms with van der Waals surface area (Å²) in [6, 6.07) is 12.2. The minimum Gasteiger partial charge on any atom is -0.340 e. The Kier molecular flexibility index (Phi) is 4.06. The zero-order valence-electron chi connectivity index (χ0n) is 12.3. The second-order valence-corrected chi connectivity index (χ2v) is 5.53. The number of nitrogens with one attached hydrogen (secondary N) is 2. The van der Waals surface area contributed by atoms with E-state index in [9.17, 15) is 4.79 Å². The molecule has 1 saturated carbocycles. The molecule has 4 nitrogen and oxygen atoms in total. The number of carbonyl (C=O) groups excluding carboxylic acids is 1. The molecular weight excluding hydrogens is 262 g/mol. The second kappa shape index (κ2) is 6.14. The molecule has 0 spiro atoms. The van der Waals surface area contributed by atoms with E-state index in [0.717, 1.165) is 23.5 Å². The average Bonchev–Trinajstić information content (AvgIpc) is 2.88. The van der Waals surface area contributed by atoms with E-state index in [0.29, 0.717) is 6.04 Å². The number of aromatic nitrogens is 1. The number of rotatable bonds is 5. The summed E-state index contributed by atoms with van der Waals surface area (Å²) >= 11 is 0. The van der Waals surface area contributed by atoms with Crippen LogP contribution in [0.5, 0.6) is 0 Å². The molecule has 1 aliphatic rings. The van der Waals surface area contributed by atoms with Gasteiger partial charge in [0.15, 0.2) is 0 Å². The van der Waals surface area contributed by atoms with Crippen LogP contribution in [0.4, 0.5) is 5.69 Å². The molecule has 1 amide bonds. The zero-order chi connectivity index (χ0) is 14.7. The van der Waals surface area contributed by atoms with Gasteiger partial charge in [0.1, 0.15) is 5.69 Å². The van der Waals surface area contributed by atoms with Crippen molar-refractivity contribution in [2.45, 2.75) is 31.8 Å². The summed E-state index contributed by atoms with van der Waals surface area (Å²) in [6.07, 6.45) is 5.61. The third-order valence-electron chi connectivity index (χ3n) is 4.11. The Morgan fingerprint density at radius 1 is 1.24 bits per heavy atom. The van der Waals surface area contributed by atoms with E-state index in [1.807, 2.05) is 49.6 Å². The number of hydrogen-bond donors (Lipinski definition) is 2. The summed E-state index contributed by atoms with van der Waals surface area (Å²) < 4.78 is 2.11. The number of anilines is 1. The summed E-state index contributed by atoms with van der Waals surface area (Å²) in [7, 11) is 1.90. The number of hydrogen-bond acceptors (Lipinski definition) is 2. The van der Waals surface area contributed by atoms with Crippen LogP contribution < -0.4 is 10.6 Å². The lowest BCUT2D eigenvalue weighted by molar-refractivity contribution is 0.101. The second-order valence-electron chi connectivity index (χ2n) is 5.53. The predicted molar refractivity (Wildman–Crippen MR) is 84.5 cm³/mol. The van der Waals surface area contributed by atoms with Crippen molar-refractivity contribution in [2.75, 3.05) is 12.4 Å². The molecule has 1 aliphatic carbocycles. The molecule has 1 heterocycles. The minimum absolute atomic E-state index is 0.0320. The van der Waals surface area contributed by atoms with Crippen LogP contribution in [0.25, 0.3) is 0 Å². The summed E-state index contributed by atoms with van der Waals surface area (Å²) in [5, 5.41) is 6.17. The fraction of sp³-hybridized carbons (Fsp3) is 0.353. The lowest BCUT2D eigenvalue weighted by Gasteiger charge is -2.28. The van der Waals surface area contributed by atoms with E-state index in [-0.39, 0.29) is 5.91 Å². The van der Waals surface area contributed by atoms with E-state index in [2.05, 4.69) is 15.2 Å². The molecule has 21 heavy (non-hydrogen) atoms. The van der Waals surface area contributed by atoms with Crippen molar-refractivity contribution < 1.29 is 4.79 Å². The van der Waals surface area contributed by atoms with Crippen molar-refractivity contribution in [3.8, 4) is 0 Å². The molecule has 1 aromatic carbocycles. The van der Waals surface area contributed by atoms with Crippen LogP contribution in [-0.2, 0) is 6.54 Å². The maximum Gasteiger partial charge on any atom is 0.272 e. The van der Waals surface area contributed by atoms with Crippen molar-refractivity contribution in [1.29, 1.82) is 0 Å². The van der Waals surface area contributed by atoms with E-state index in [4.69, 9.17) is 0 Å². The van der Waals surface area contributed by atoms with Gasteiger partial charge in [0.05, 0.1) is 0 Å². The molecule has 2 aromatic rings. The molecule has 110 valence electrons. The van der Waals surface area contributed by atoms with Gasteiger partial charge in [-0.3, -0.25) is 4.79 Å². The normalized spacial score (nSPS) is 14.7. The van der Waals surface area contributed by atoms with Gasteiger partial charge in [-0.15, -0.1) is 0 Å². The highest BCUT2D eigenvalue weighted by atomic mass is 16.1. The molecule has 1 aromatic heterocycles. The molecule has 0 bridgehead atoms. The smallest absolute Gasteiger partial charge is 0.272 e. The molecular formula is C17H21N3O. The molecule has 1 fully saturated rings. The van der Waals surface area contributed by atoms with Gasteiger partial charge in [0.2, 0.25) is 0 Å². The van der Waals surface area contributed by atoms with Crippen molar-refractivity contribution in [3.05, 3.63) is 53.9 Å². The molecule has 4 heteroatoms. The zero-order valence-corrected chi connectivity index (χ0v) is 12.3. The van der Waals surface area contributed by atoms with Crippen LogP contribution in [0.2, 0.25) is 0 Å². The molecule has 0 saturated heterocycles. The lowest BCUT2D eigenvalue weighted by atomic mass is 9.93. The maximum absolute atomic E-state index is 12.5. The molecule has 3 rings (SSSR count). The summed E-state index contributed by atoms with van der Waals surface area (Å²) in [5.74, 6) is -0.0320. The lowest BCUT2D eigenvalue weighted by Crippen LogP contribution is -2.24. The Morgan fingerprint density at radius 3 is 2.76 bits per heavy atom. The van der Waals surface area contributed by atoms with Gasteiger partial charge in [-0.05, 0) is 50.1 Å². The highest BCUT2D eigenvalue weighted by molar-refractivity contribution is 6.03. The number of para-hydroxylation sites is 1. The van der Waals surface area contributed by atoms with E-state index in [1.54, 1.807) is 0 Å². The van der Waals surface area contributed by atoms with Crippen LogP contribution >= 0.6 is 0 Å². The monoisotopic (exact) mass is 283 g/mol. The topological polar surface area (TPSA) is 46.1 Å². The fourth-order valence-electron chi connectivity index (χ4n) is 2.74. The third-order valence-corrected chi connectivity index (χ3v) is 4.11. The standard InChI is InChI=1S/C17H21N3O/c1-18-12-13-6-2-3-9-15(13)19-17(21)16-10-5-11-20(16)14-7-4-8-14/h2-3,5-6,9-11,14,18H,4,7-8,12H2,1H3,(H,19,21). The van der Waals surface area contributed by atoms with E-state index >= 15 is 0 Å². The Balaban J connectivity index is 1.79. The third kappa shape index (κ3) is 2.85. The fourth-order valence-corrected chi connectivity index (χ4v) is 2.74. The van der Waals surface area contributed by atoms with Gasteiger partial charge in [0, 0.05) is 24.5 Å². The number of nitrogens with zero attached hydrogens (tertiary/aromatic N) is 1. The number of benzene rings is 1. The molecule has 0 atom stereocenters. The van der Waals surface area contributed by atoms with Gasteiger partial charge in [0.25, 0.3) is 5.91 Å². The first-order chi connectivity index (χ1) is 10.3. The summed E-state index contributed by atoms with van der Waals surface area (Å²) in [5.41, 5.74) is 2.72. The van der Waals surface area contributed by atoms with Crippen LogP contribution in [0.1, 0.15) is 41.4 Å². The average molecular weight is 283 g/mol.